The largest absolute Gasteiger partial charge is 0.469 e. The summed E-state index contributed by atoms with van der Waals surface area (Å²) >= 11 is 0. The van der Waals surface area contributed by atoms with E-state index in [4.69, 9.17) is 0 Å². The van der Waals surface area contributed by atoms with Crippen LogP contribution >= 0.6 is 0 Å². The lowest BCUT2D eigenvalue weighted by Gasteiger charge is -2.06. The molecule has 1 saturated carbocycles. The monoisotopic (exact) mass is 142 g/mol. The molecule has 0 heterocycles. The van der Waals surface area contributed by atoms with E-state index in [2.05, 4.69) is 11.7 Å². The average molecular weight is 142 g/mol. The molecule has 0 aromatic rings. The topological polar surface area (TPSA) is 26.3 Å². The Morgan fingerprint density at radius 2 is 2.30 bits per heavy atom. The first-order valence-corrected chi connectivity index (χ1v) is 3.81. The van der Waals surface area contributed by atoms with Crippen LogP contribution in [0.4, 0.5) is 0 Å². The third-order valence-corrected chi connectivity index (χ3v) is 2.14. The Hall–Kier alpha value is -0.530. The molecule has 0 bridgehead atoms. The van der Waals surface area contributed by atoms with Gasteiger partial charge in [0.05, 0.1) is 7.11 Å². The number of carbonyl (C=O) groups is 1. The summed E-state index contributed by atoms with van der Waals surface area (Å²) in [4.78, 5) is 10.7. The van der Waals surface area contributed by atoms with Crippen molar-refractivity contribution in [1.29, 1.82) is 0 Å². The van der Waals surface area contributed by atoms with Crippen LogP contribution in [-0.2, 0) is 9.53 Å². The maximum atomic E-state index is 10.7. The van der Waals surface area contributed by atoms with E-state index in [0.29, 0.717) is 12.3 Å². The maximum absolute atomic E-state index is 10.7. The van der Waals surface area contributed by atoms with Gasteiger partial charge in [0, 0.05) is 6.42 Å². The second-order valence-electron chi connectivity index (χ2n) is 3.09. The molecule has 2 nitrogen and oxygen atoms in total. The first-order chi connectivity index (χ1) is 4.74. The van der Waals surface area contributed by atoms with E-state index in [1.807, 2.05) is 0 Å². The van der Waals surface area contributed by atoms with Gasteiger partial charge in [0.2, 0.25) is 0 Å². The molecule has 0 saturated heterocycles. The molecular formula is C8H14O2. The summed E-state index contributed by atoms with van der Waals surface area (Å²) in [6.45, 7) is 2.12. The van der Waals surface area contributed by atoms with Gasteiger partial charge >= 0.3 is 5.97 Å². The lowest BCUT2D eigenvalue weighted by molar-refractivity contribution is -0.141. The Morgan fingerprint density at radius 3 is 2.70 bits per heavy atom. The van der Waals surface area contributed by atoms with Crippen LogP contribution in [0.25, 0.3) is 0 Å². The van der Waals surface area contributed by atoms with Gasteiger partial charge in [-0.25, -0.2) is 0 Å². The minimum absolute atomic E-state index is 0.0700. The van der Waals surface area contributed by atoms with E-state index in [9.17, 15) is 4.79 Å². The maximum Gasteiger partial charge on any atom is 0.305 e. The van der Waals surface area contributed by atoms with Crippen molar-refractivity contribution in [3.8, 4) is 0 Å². The highest BCUT2D eigenvalue weighted by atomic mass is 16.5. The molecule has 0 aromatic heterocycles. The van der Waals surface area contributed by atoms with Crippen molar-refractivity contribution < 1.29 is 9.53 Å². The van der Waals surface area contributed by atoms with E-state index in [1.165, 1.54) is 20.0 Å². The summed E-state index contributed by atoms with van der Waals surface area (Å²) in [7, 11) is 1.45. The fourth-order valence-corrected chi connectivity index (χ4v) is 1.18. The van der Waals surface area contributed by atoms with Gasteiger partial charge in [-0.3, -0.25) is 4.79 Å². The molecule has 10 heavy (non-hydrogen) atoms. The first kappa shape index (κ1) is 7.58. The van der Waals surface area contributed by atoms with Crippen LogP contribution in [0.3, 0.4) is 0 Å². The second kappa shape index (κ2) is 3.04. The van der Waals surface area contributed by atoms with Gasteiger partial charge in [0.15, 0.2) is 0 Å². The van der Waals surface area contributed by atoms with Crippen molar-refractivity contribution in [2.75, 3.05) is 7.11 Å². The molecule has 2 heteroatoms. The summed E-state index contributed by atoms with van der Waals surface area (Å²) in [5, 5.41) is 0. The van der Waals surface area contributed by atoms with Crippen LogP contribution in [0.1, 0.15) is 26.2 Å². The van der Waals surface area contributed by atoms with E-state index in [-0.39, 0.29) is 5.97 Å². The molecule has 0 amide bonds. The highest BCUT2D eigenvalue weighted by Gasteiger charge is 2.29. The summed E-state index contributed by atoms with van der Waals surface area (Å²) in [5.74, 6) is 1.27. The van der Waals surface area contributed by atoms with Gasteiger partial charge in [0.1, 0.15) is 0 Å². The average Bonchev–Trinajstić information content (AvgIpc) is 2.68. The van der Waals surface area contributed by atoms with Gasteiger partial charge in [-0.2, -0.15) is 0 Å². The van der Waals surface area contributed by atoms with Crippen LogP contribution in [0, 0.1) is 11.8 Å². The number of rotatable bonds is 3. The Labute approximate surface area is 61.6 Å². The van der Waals surface area contributed by atoms with Crippen LogP contribution in [0.2, 0.25) is 0 Å². The van der Waals surface area contributed by atoms with Gasteiger partial charge in [-0.15, -0.1) is 0 Å². The van der Waals surface area contributed by atoms with Crippen molar-refractivity contribution in [3.63, 3.8) is 0 Å². The molecule has 0 aliphatic heterocycles. The quantitative estimate of drug-likeness (QED) is 0.559. The fraction of sp³-hybridized carbons (Fsp3) is 0.875. The molecular weight excluding hydrogens is 128 g/mol. The molecule has 1 aliphatic carbocycles. The summed E-state index contributed by atoms with van der Waals surface area (Å²) in [5.41, 5.74) is 0. The van der Waals surface area contributed by atoms with Crippen LogP contribution in [-0.4, -0.2) is 13.1 Å². The van der Waals surface area contributed by atoms with Crippen LogP contribution in [0.15, 0.2) is 0 Å². The third kappa shape index (κ3) is 2.01. The molecule has 1 aliphatic rings. The van der Waals surface area contributed by atoms with Gasteiger partial charge in [-0.1, -0.05) is 6.92 Å². The number of ether oxygens (including phenoxy) is 1. The van der Waals surface area contributed by atoms with Gasteiger partial charge in [0.25, 0.3) is 0 Å². The molecule has 58 valence electrons. The predicted octanol–water partition coefficient (Wildman–Crippen LogP) is 1.60. The molecule has 0 aromatic carbocycles. The Bertz CT molecular complexity index is 127. The highest BCUT2D eigenvalue weighted by Crippen LogP contribution is 2.38. The minimum atomic E-state index is -0.0700. The number of hydrogen-bond donors (Lipinski definition) is 0. The standard InChI is InChI=1S/C8H14O2/c1-6(7-3-4-7)5-8(9)10-2/h6-7H,3-5H2,1-2H3. The number of hydrogen-bond acceptors (Lipinski definition) is 2. The Kier molecular flexibility index (Phi) is 2.30. The van der Waals surface area contributed by atoms with Crippen LogP contribution < -0.4 is 0 Å². The zero-order chi connectivity index (χ0) is 7.56. The van der Waals surface area contributed by atoms with Crippen molar-refractivity contribution in [2.24, 2.45) is 11.8 Å². The molecule has 0 spiro atoms. The summed E-state index contributed by atoms with van der Waals surface area (Å²) < 4.78 is 4.56. The molecule has 0 N–H and O–H groups in total. The molecule has 1 atom stereocenters. The number of esters is 1. The first-order valence-electron chi connectivity index (χ1n) is 3.81. The third-order valence-electron chi connectivity index (χ3n) is 2.14. The van der Waals surface area contributed by atoms with E-state index < -0.39 is 0 Å². The molecule has 1 unspecified atom stereocenters. The summed E-state index contributed by atoms with van der Waals surface area (Å²) in [6, 6.07) is 0. The second-order valence-corrected chi connectivity index (χ2v) is 3.09. The van der Waals surface area contributed by atoms with E-state index in [0.717, 1.165) is 5.92 Å². The van der Waals surface area contributed by atoms with Gasteiger partial charge < -0.3 is 4.74 Å². The van der Waals surface area contributed by atoms with Crippen molar-refractivity contribution >= 4 is 5.97 Å². The lowest BCUT2D eigenvalue weighted by atomic mass is 10.0. The predicted molar refractivity (Wildman–Crippen MR) is 38.5 cm³/mol. The van der Waals surface area contributed by atoms with Crippen LogP contribution in [0.5, 0.6) is 0 Å². The zero-order valence-corrected chi connectivity index (χ0v) is 6.59. The smallest absolute Gasteiger partial charge is 0.305 e. The highest BCUT2D eigenvalue weighted by molar-refractivity contribution is 5.69. The molecule has 1 fully saturated rings. The van der Waals surface area contributed by atoms with Crippen molar-refractivity contribution in [2.45, 2.75) is 26.2 Å². The lowest BCUT2D eigenvalue weighted by Crippen LogP contribution is -2.08. The van der Waals surface area contributed by atoms with E-state index >= 15 is 0 Å². The van der Waals surface area contributed by atoms with Crippen molar-refractivity contribution in [1.82, 2.24) is 0 Å². The van der Waals surface area contributed by atoms with Gasteiger partial charge in [-0.05, 0) is 24.7 Å². The Morgan fingerprint density at radius 1 is 1.70 bits per heavy atom. The number of carbonyl (C=O) groups excluding carboxylic acids is 1. The Balaban J connectivity index is 2.16. The zero-order valence-electron chi connectivity index (χ0n) is 6.59. The summed E-state index contributed by atoms with van der Waals surface area (Å²) in [6.07, 6.45) is 3.21. The van der Waals surface area contributed by atoms with E-state index in [1.54, 1.807) is 0 Å². The SMILES string of the molecule is COC(=O)CC(C)C1CC1. The molecule has 1 rings (SSSR count). The fourth-order valence-electron chi connectivity index (χ4n) is 1.18. The van der Waals surface area contributed by atoms with Crippen molar-refractivity contribution in [3.05, 3.63) is 0 Å². The minimum Gasteiger partial charge on any atom is -0.469 e. The molecule has 0 radical (unpaired) electrons. The number of methoxy groups -OCH3 is 1. The normalized spacial score (nSPS) is 20.2.